The molecular weight excluding hydrogens is 232 g/mol. The number of phenolic OH excluding ortho intramolecular Hbond substituents is 2. The Hall–Kier alpha value is -1.75. The van der Waals surface area contributed by atoms with E-state index in [0.717, 1.165) is 0 Å². The third-order valence-corrected chi connectivity index (χ3v) is 2.79. The molecule has 5 heteroatoms. The SMILES string of the molecule is CNC(=O)C(C)(C)CNCc1ccc(O)cc1O. The van der Waals surface area contributed by atoms with Crippen LogP contribution in [0, 0.1) is 5.41 Å². The van der Waals surface area contributed by atoms with E-state index in [0.29, 0.717) is 18.7 Å². The maximum atomic E-state index is 11.6. The van der Waals surface area contributed by atoms with Crippen LogP contribution in [0.2, 0.25) is 0 Å². The molecule has 0 spiro atoms. The summed E-state index contributed by atoms with van der Waals surface area (Å²) >= 11 is 0. The van der Waals surface area contributed by atoms with Gasteiger partial charge in [-0.2, -0.15) is 0 Å². The number of phenols is 2. The van der Waals surface area contributed by atoms with Crippen molar-refractivity contribution in [2.45, 2.75) is 20.4 Å². The lowest BCUT2D eigenvalue weighted by Crippen LogP contribution is -2.41. The molecule has 18 heavy (non-hydrogen) atoms. The Morgan fingerprint density at radius 3 is 2.56 bits per heavy atom. The average Bonchev–Trinajstić information content (AvgIpc) is 2.30. The normalized spacial score (nSPS) is 11.3. The fraction of sp³-hybridized carbons (Fsp3) is 0.462. The number of nitrogens with one attached hydrogen (secondary N) is 2. The Morgan fingerprint density at radius 2 is 2.00 bits per heavy atom. The number of carbonyl (C=O) groups excluding carboxylic acids is 1. The summed E-state index contributed by atoms with van der Waals surface area (Å²) in [6, 6.07) is 4.45. The van der Waals surface area contributed by atoms with Crippen molar-refractivity contribution in [3.63, 3.8) is 0 Å². The first-order valence-electron chi connectivity index (χ1n) is 5.80. The first-order valence-corrected chi connectivity index (χ1v) is 5.80. The Morgan fingerprint density at radius 1 is 1.33 bits per heavy atom. The van der Waals surface area contributed by atoms with Crippen molar-refractivity contribution in [2.75, 3.05) is 13.6 Å². The molecule has 0 saturated carbocycles. The quantitative estimate of drug-likeness (QED) is 0.629. The number of hydrogen-bond donors (Lipinski definition) is 4. The van der Waals surface area contributed by atoms with Gasteiger partial charge in [-0.25, -0.2) is 0 Å². The third kappa shape index (κ3) is 3.63. The molecule has 0 aromatic heterocycles. The van der Waals surface area contributed by atoms with Gasteiger partial charge in [-0.1, -0.05) is 6.07 Å². The number of carbonyl (C=O) groups is 1. The molecule has 0 fully saturated rings. The molecule has 0 heterocycles. The summed E-state index contributed by atoms with van der Waals surface area (Å²) in [6.45, 7) is 4.62. The molecule has 0 atom stereocenters. The zero-order valence-corrected chi connectivity index (χ0v) is 10.9. The molecular formula is C13H20N2O3. The molecule has 1 aromatic carbocycles. The largest absolute Gasteiger partial charge is 0.508 e. The first-order chi connectivity index (χ1) is 8.36. The van der Waals surface area contributed by atoms with Crippen molar-refractivity contribution >= 4 is 5.91 Å². The van der Waals surface area contributed by atoms with Crippen LogP contribution in [0.15, 0.2) is 18.2 Å². The highest BCUT2D eigenvalue weighted by molar-refractivity contribution is 5.81. The summed E-state index contributed by atoms with van der Waals surface area (Å²) in [5, 5.41) is 24.5. The molecule has 1 aromatic rings. The number of aromatic hydroxyl groups is 2. The van der Waals surface area contributed by atoms with Gasteiger partial charge in [0.2, 0.25) is 5.91 Å². The monoisotopic (exact) mass is 252 g/mol. The molecule has 0 unspecified atom stereocenters. The van der Waals surface area contributed by atoms with Crippen molar-refractivity contribution in [1.29, 1.82) is 0 Å². The van der Waals surface area contributed by atoms with Crippen LogP contribution in [-0.4, -0.2) is 29.7 Å². The summed E-state index contributed by atoms with van der Waals surface area (Å²) in [7, 11) is 1.61. The van der Waals surface area contributed by atoms with Crippen molar-refractivity contribution in [2.24, 2.45) is 5.41 Å². The van der Waals surface area contributed by atoms with E-state index in [2.05, 4.69) is 10.6 Å². The maximum Gasteiger partial charge on any atom is 0.226 e. The van der Waals surface area contributed by atoms with E-state index in [-0.39, 0.29) is 17.4 Å². The van der Waals surface area contributed by atoms with Gasteiger partial charge >= 0.3 is 0 Å². The summed E-state index contributed by atoms with van der Waals surface area (Å²) in [4.78, 5) is 11.6. The zero-order chi connectivity index (χ0) is 13.8. The van der Waals surface area contributed by atoms with Gasteiger partial charge < -0.3 is 20.8 Å². The smallest absolute Gasteiger partial charge is 0.226 e. The molecule has 5 nitrogen and oxygen atoms in total. The van der Waals surface area contributed by atoms with Gasteiger partial charge in [-0.15, -0.1) is 0 Å². The van der Waals surface area contributed by atoms with E-state index in [1.54, 1.807) is 13.1 Å². The molecule has 0 bridgehead atoms. The van der Waals surface area contributed by atoms with Gasteiger partial charge in [0.1, 0.15) is 11.5 Å². The topological polar surface area (TPSA) is 81.6 Å². The van der Waals surface area contributed by atoms with E-state index in [1.807, 2.05) is 13.8 Å². The molecule has 0 aliphatic carbocycles. The van der Waals surface area contributed by atoms with Crippen LogP contribution in [0.3, 0.4) is 0 Å². The molecule has 100 valence electrons. The molecule has 0 radical (unpaired) electrons. The van der Waals surface area contributed by atoms with Crippen molar-refractivity contribution < 1.29 is 15.0 Å². The highest BCUT2D eigenvalue weighted by Crippen LogP contribution is 2.22. The predicted octanol–water partition coefficient (Wildman–Crippen LogP) is 0.960. The third-order valence-electron chi connectivity index (χ3n) is 2.79. The van der Waals surface area contributed by atoms with Crippen LogP contribution < -0.4 is 10.6 Å². The lowest BCUT2D eigenvalue weighted by Gasteiger charge is -2.23. The molecule has 4 N–H and O–H groups in total. The van der Waals surface area contributed by atoms with Gasteiger partial charge in [0, 0.05) is 31.8 Å². The van der Waals surface area contributed by atoms with Crippen molar-refractivity contribution in [3.8, 4) is 11.5 Å². The van der Waals surface area contributed by atoms with Crippen LogP contribution in [0.5, 0.6) is 11.5 Å². The fourth-order valence-corrected chi connectivity index (χ4v) is 1.63. The Kier molecular flexibility index (Phi) is 4.55. The summed E-state index contributed by atoms with van der Waals surface area (Å²) in [5.41, 5.74) is 0.168. The highest BCUT2D eigenvalue weighted by Gasteiger charge is 2.25. The summed E-state index contributed by atoms with van der Waals surface area (Å²) in [5.74, 6) is 0.0344. The minimum Gasteiger partial charge on any atom is -0.508 e. The predicted molar refractivity (Wildman–Crippen MR) is 69.3 cm³/mol. The first kappa shape index (κ1) is 14.3. The Balaban J connectivity index is 2.54. The number of hydrogen-bond acceptors (Lipinski definition) is 4. The lowest BCUT2D eigenvalue weighted by atomic mass is 9.92. The highest BCUT2D eigenvalue weighted by atomic mass is 16.3. The second kappa shape index (κ2) is 5.73. The second-order valence-corrected chi connectivity index (χ2v) is 4.88. The minimum absolute atomic E-state index is 0.0296. The molecule has 1 amide bonds. The van der Waals surface area contributed by atoms with E-state index in [4.69, 9.17) is 5.11 Å². The van der Waals surface area contributed by atoms with Crippen LogP contribution in [-0.2, 0) is 11.3 Å². The maximum absolute atomic E-state index is 11.6. The van der Waals surface area contributed by atoms with Gasteiger partial charge in [0.05, 0.1) is 5.41 Å². The second-order valence-electron chi connectivity index (χ2n) is 4.88. The van der Waals surface area contributed by atoms with Gasteiger partial charge in [0.25, 0.3) is 0 Å². The number of benzene rings is 1. The van der Waals surface area contributed by atoms with E-state index in [1.165, 1.54) is 12.1 Å². The molecule has 0 saturated heterocycles. The summed E-state index contributed by atoms with van der Waals surface area (Å²) < 4.78 is 0. The van der Waals surface area contributed by atoms with Crippen LogP contribution in [0.1, 0.15) is 19.4 Å². The van der Waals surface area contributed by atoms with Crippen LogP contribution >= 0.6 is 0 Å². The van der Waals surface area contributed by atoms with Gasteiger partial charge in [0.15, 0.2) is 0 Å². The van der Waals surface area contributed by atoms with Crippen molar-refractivity contribution in [3.05, 3.63) is 23.8 Å². The van der Waals surface area contributed by atoms with Crippen LogP contribution in [0.4, 0.5) is 0 Å². The van der Waals surface area contributed by atoms with Gasteiger partial charge in [-0.3, -0.25) is 4.79 Å². The minimum atomic E-state index is -0.513. The standard InChI is InChI=1S/C13H20N2O3/c1-13(2,12(18)14-3)8-15-7-9-4-5-10(16)6-11(9)17/h4-6,15-17H,7-8H2,1-3H3,(H,14,18). The van der Waals surface area contributed by atoms with Crippen LogP contribution in [0.25, 0.3) is 0 Å². The molecule has 0 aliphatic rings. The van der Waals surface area contributed by atoms with E-state index in [9.17, 15) is 9.90 Å². The van der Waals surface area contributed by atoms with Gasteiger partial charge in [-0.05, 0) is 19.9 Å². The van der Waals surface area contributed by atoms with E-state index < -0.39 is 5.41 Å². The Labute approximate surface area is 107 Å². The average molecular weight is 252 g/mol. The Bertz CT molecular complexity index is 430. The van der Waals surface area contributed by atoms with E-state index >= 15 is 0 Å². The fourth-order valence-electron chi connectivity index (χ4n) is 1.63. The van der Waals surface area contributed by atoms with Crippen molar-refractivity contribution in [1.82, 2.24) is 10.6 Å². The zero-order valence-electron chi connectivity index (χ0n) is 10.9. The summed E-state index contributed by atoms with van der Waals surface area (Å²) in [6.07, 6.45) is 0. The molecule has 0 aliphatic heterocycles. The molecule has 1 rings (SSSR count). The number of amides is 1. The number of rotatable bonds is 5. The lowest BCUT2D eigenvalue weighted by molar-refractivity contribution is -0.128.